The van der Waals surface area contributed by atoms with Gasteiger partial charge >= 0.3 is 0 Å². The number of para-hydroxylation sites is 1. The zero-order chi connectivity index (χ0) is 11.4. The van der Waals surface area contributed by atoms with Crippen LogP contribution >= 0.6 is 17.0 Å². The first-order chi connectivity index (χ1) is 7.77. The van der Waals surface area contributed by atoms with Gasteiger partial charge < -0.3 is 0 Å². The van der Waals surface area contributed by atoms with Gasteiger partial charge in [-0.15, -0.1) is 17.0 Å². The first-order valence-corrected chi connectivity index (χ1v) is 4.88. The Morgan fingerprint density at radius 2 is 1.76 bits per heavy atom. The molecule has 0 spiro atoms. The summed E-state index contributed by atoms with van der Waals surface area (Å²) in [6, 6.07) is 10.5. The highest BCUT2D eigenvalue weighted by Crippen LogP contribution is 2.20. The molecule has 0 saturated heterocycles. The van der Waals surface area contributed by atoms with E-state index in [2.05, 4.69) is 4.98 Å². The van der Waals surface area contributed by atoms with E-state index < -0.39 is 0 Å². The average Bonchev–Trinajstić information content (AvgIpc) is 2.31. The Hall–Kier alpha value is -1.75. The monoisotopic (exact) mass is 294 g/mol. The van der Waals surface area contributed by atoms with E-state index in [1.54, 1.807) is 24.5 Å². The third-order valence-corrected chi connectivity index (χ3v) is 2.33. The predicted molar refractivity (Wildman–Crippen MR) is 70.5 cm³/mol. The lowest BCUT2D eigenvalue weighted by Crippen LogP contribution is -1.96. The van der Waals surface area contributed by atoms with Crippen molar-refractivity contribution in [2.24, 2.45) is 0 Å². The van der Waals surface area contributed by atoms with Crippen molar-refractivity contribution in [1.82, 2.24) is 4.98 Å². The second kappa shape index (κ2) is 6.10. The topological polar surface area (TPSA) is 56.0 Å². The molecule has 0 amide bonds. The summed E-state index contributed by atoms with van der Waals surface area (Å²) >= 11 is 0. The molecule has 0 saturated carbocycles. The fraction of sp³-hybridized carbons (Fsp3) is 0.0833. The standard InChI is InChI=1S/C12H10N2O2.BrH/c15-14(16)12-4-2-1-3-11(12)9-10-5-7-13-8-6-10;/h1-8H,9H2;1H. The molecule has 0 radical (unpaired) electrons. The van der Waals surface area contributed by atoms with Gasteiger partial charge in [-0.05, 0) is 17.7 Å². The highest BCUT2D eigenvalue weighted by Gasteiger charge is 2.11. The Morgan fingerprint density at radius 3 is 2.41 bits per heavy atom. The molecule has 17 heavy (non-hydrogen) atoms. The van der Waals surface area contributed by atoms with Gasteiger partial charge in [0.05, 0.1) is 4.92 Å². The van der Waals surface area contributed by atoms with Gasteiger partial charge in [0.1, 0.15) is 0 Å². The van der Waals surface area contributed by atoms with Gasteiger partial charge in [-0.3, -0.25) is 15.1 Å². The minimum Gasteiger partial charge on any atom is -0.265 e. The summed E-state index contributed by atoms with van der Waals surface area (Å²) in [4.78, 5) is 14.4. The maximum Gasteiger partial charge on any atom is 0.272 e. The first-order valence-electron chi connectivity index (χ1n) is 4.88. The molecule has 4 nitrogen and oxygen atoms in total. The van der Waals surface area contributed by atoms with Crippen LogP contribution in [0.1, 0.15) is 11.1 Å². The summed E-state index contributed by atoms with van der Waals surface area (Å²) in [6.07, 6.45) is 3.92. The molecular weight excluding hydrogens is 284 g/mol. The number of benzene rings is 1. The van der Waals surface area contributed by atoms with E-state index in [1.807, 2.05) is 18.2 Å². The summed E-state index contributed by atoms with van der Waals surface area (Å²) in [6.45, 7) is 0. The molecule has 0 N–H and O–H groups in total. The molecule has 2 aromatic rings. The molecular formula is C12H11BrN2O2. The van der Waals surface area contributed by atoms with Crippen LogP contribution in [0.4, 0.5) is 5.69 Å². The maximum atomic E-state index is 10.8. The van der Waals surface area contributed by atoms with Crippen molar-refractivity contribution in [2.45, 2.75) is 6.42 Å². The van der Waals surface area contributed by atoms with Crippen molar-refractivity contribution in [3.05, 3.63) is 70.0 Å². The van der Waals surface area contributed by atoms with Crippen LogP contribution in [0.25, 0.3) is 0 Å². The van der Waals surface area contributed by atoms with E-state index in [0.717, 1.165) is 11.1 Å². The minimum atomic E-state index is -0.351. The Labute approximate surface area is 109 Å². The Bertz CT molecular complexity index is 503. The molecule has 1 aromatic carbocycles. The molecule has 0 aliphatic carbocycles. The van der Waals surface area contributed by atoms with Gasteiger partial charge in [-0.25, -0.2) is 0 Å². The lowest BCUT2D eigenvalue weighted by atomic mass is 10.0. The van der Waals surface area contributed by atoms with Crippen molar-refractivity contribution in [2.75, 3.05) is 0 Å². The number of hydrogen-bond acceptors (Lipinski definition) is 3. The molecule has 5 heteroatoms. The number of pyridine rings is 1. The van der Waals surface area contributed by atoms with Crippen LogP contribution in [0.3, 0.4) is 0 Å². The molecule has 0 unspecified atom stereocenters. The lowest BCUT2D eigenvalue weighted by molar-refractivity contribution is -0.385. The molecule has 0 fully saturated rings. The molecule has 1 aromatic heterocycles. The van der Waals surface area contributed by atoms with E-state index in [-0.39, 0.29) is 27.6 Å². The Kier molecular flexibility index (Phi) is 4.78. The normalized spacial score (nSPS) is 9.41. The number of nitrogens with zero attached hydrogens (tertiary/aromatic N) is 2. The zero-order valence-corrected chi connectivity index (χ0v) is 10.7. The maximum absolute atomic E-state index is 10.8. The van der Waals surface area contributed by atoms with Gasteiger partial charge in [-0.1, -0.05) is 18.2 Å². The predicted octanol–water partition coefficient (Wildman–Crippen LogP) is 3.16. The second-order valence-electron chi connectivity index (χ2n) is 3.42. The highest BCUT2D eigenvalue weighted by molar-refractivity contribution is 8.93. The van der Waals surface area contributed by atoms with Gasteiger partial charge in [-0.2, -0.15) is 0 Å². The molecule has 0 aliphatic rings. The van der Waals surface area contributed by atoms with Crippen molar-refractivity contribution in [3.8, 4) is 0 Å². The van der Waals surface area contributed by atoms with Crippen molar-refractivity contribution in [1.29, 1.82) is 0 Å². The van der Waals surface area contributed by atoms with Crippen LogP contribution in [0.2, 0.25) is 0 Å². The van der Waals surface area contributed by atoms with Gasteiger partial charge in [0.2, 0.25) is 0 Å². The molecule has 0 bridgehead atoms. The SMILES string of the molecule is Br.O=[N+]([O-])c1ccccc1Cc1ccncc1. The van der Waals surface area contributed by atoms with E-state index in [1.165, 1.54) is 6.07 Å². The third-order valence-electron chi connectivity index (χ3n) is 2.33. The number of hydrogen-bond donors (Lipinski definition) is 0. The second-order valence-corrected chi connectivity index (χ2v) is 3.42. The lowest BCUT2D eigenvalue weighted by Gasteiger charge is -2.02. The number of nitro groups is 1. The Morgan fingerprint density at radius 1 is 1.12 bits per heavy atom. The van der Waals surface area contributed by atoms with Crippen molar-refractivity contribution in [3.63, 3.8) is 0 Å². The van der Waals surface area contributed by atoms with Gasteiger partial charge in [0, 0.05) is 30.4 Å². The van der Waals surface area contributed by atoms with Crippen LogP contribution in [-0.2, 0) is 6.42 Å². The van der Waals surface area contributed by atoms with E-state index in [4.69, 9.17) is 0 Å². The van der Waals surface area contributed by atoms with Crippen LogP contribution in [0.5, 0.6) is 0 Å². The summed E-state index contributed by atoms with van der Waals surface area (Å²) in [5, 5.41) is 10.8. The molecule has 0 atom stereocenters. The van der Waals surface area contributed by atoms with E-state index in [0.29, 0.717) is 6.42 Å². The summed E-state index contributed by atoms with van der Waals surface area (Å²) in [7, 11) is 0. The van der Waals surface area contributed by atoms with Crippen LogP contribution in [0, 0.1) is 10.1 Å². The molecule has 0 aliphatic heterocycles. The largest absolute Gasteiger partial charge is 0.272 e. The number of rotatable bonds is 3. The van der Waals surface area contributed by atoms with Gasteiger partial charge in [0.15, 0.2) is 0 Å². The number of nitro benzene ring substituents is 1. The highest BCUT2D eigenvalue weighted by atomic mass is 79.9. The van der Waals surface area contributed by atoms with Crippen LogP contribution in [-0.4, -0.2) is 9.91 Å². The molecule has 1 heterocycles. The summed E-state index contributed by atoms with van der Waals surface area (Å²) in [5.74, 6) is 0. The smallest absolute Gasteiger partial charge is 0.265 e. The average molecular weight is 295 g/mol. The van der Waals surface area contributed by atoms with E-state index in [9.17, 15) is 10.1 Å². The molecule has 88 valence electrons. The summed E-state index contributed by atoms with van der Waals surface area (Å²) < 4.78 is 0. The van der Waals surface area contributed by atoms with Crippen molar-refractivity contribution >= 4 is 22.7 Å². The van der Waals surface area contributed by atoms with Gasteiger partial charge in [0.25, 0.3) is 5.69 Å². The Balaban J connectivity index is 0.00000144. The zero-order valence-electron chi connectivity index (χ0n) is 8.95. The van der Waals surface area contributed by atoms with Crippen LogP contribution in [0.15, 0.2) is 48.8 Å². The fourth-order valence-electron chi connectivity index (χ4n) is 1.56. The van der Waals surface area contributed by atoms with Crippen molar-refractivity contribution < 1.29 is 4.92 Å². The minimum absolute atomic E-state index is 0. The fourth-order valence-corrected chi connectivity index (χ4v) is 1.56. The number of aromatic nitrogens is 1. The molecule has 2 rings (SSSR count). The summed E-state index contributed by atoms with van der Waals surface area (Å²) in [5.41, 5.74) is 1.90. The van der Waals surface area contributed by atoms with E-state index >= 15 is 0 Å². The third kappa shape index (κ3) is 3.35. The number of halogens is 1. The first kappa shape index (κ1) is 13.3. The quantitative estimate of drug-likeness (QED) is 0.645. The van der Waals surface area contributed by atoms with Crippen LogP contribution < -0.4 is 0 Å².